The number of aliphatic carboxylic acids is 1. The number of hydrogen-bond acceptors (Lipinski definition) is 1. The van der Waals surface area contributed by atoms with E-state index in [1.54, 1.807) is 0 Å². The van der Waals surface area contributed by atoms with Crippen molar-refractivity contribution in [1.29, 1.82) is 0 Å². The average molecular weight is 212 g/mol. The van der Waals surface area contributed by atoms with Crippen molar-refractivity contribution in [3.05, 3.63) is 0 Å². The van der Waals surface area contributed by atoms with Crippen LogP contribution < -0.4 is 0 Å². The van der Waals surface area contributed by atoms with Crippen LogP contribution in [0.4, 0.5) is 0 Å². The molecule has 0 radical (unpaired) electrons. The third-order valence-corrected chi connectivity index (χ3v) is 4.62. The first-order valence-electron chi connectivity index (χ1n) is 6.08. The molecule has 88 valence electrons. The van der Waals surface area contributed by atoms with Crippen molar-refractivity contribution >= 4 is 5.97 Å². The summed E-state index contributed by atoms with van der Waals surface area (Å²) in [6.45, 7) is 9.18. The summed E-state index contributed by atoms with van der Waals surface area (Å²) in [5.74, 6) is 0.692. The van der Waals surface area contributed by atoms with E-state index in [4.69, 9.17) is 5.11 Å². The van der Waals surface area contributed by atoms with Crippen molar-refractivity contribution < 1.29 is 9.90 Å². The molecule has 0 saturated heterocycles. The van der Waals surface area contributed by atoms with Gasteiger partial charge in [0.25, 0.3) is 0 Å². The number of hydrogen-bond donors (Lipinski definition) is 1. The molecule has 0 aromatic carbocycles. The fourth-order valence-corrected chi connectivity index (χ4v) is 2.56. The molecule has 0 aliphatic heterocycles. The Morgan fingerprint density at radius 1 is 1.20 bits per heavy atom. The van der Waals surface area contributed by atoms with Gasteiger partial charge in [-0.15, -0.1) is 0 Å². The van der Waals surface area contributed by atoms with Gasteiger partial charge in [-0.3, -0.25) is 4.79 Å². The molecule has 1 aliphatic carbocycles. The fourth-order valence-electron chi connectivity index (χ4n) is 2.56. The molecule has 1 saturated carbocycles. The lowest BCUT2D eigenvalue weighted by molar-refractivity contribution is -0.143. The van der Waals surface area contributed by atoms with Gasteiger partial charge in [-0.25, -0.2) is 0 Å². The molecule has 0 unspecified atom stereocenters. The van der Waals surface area contributed by atoms with Gasteiger partial charge in [0.2, 0.25) is 0 Å². The quantitative estimate of drug-likeness (QED) is 0.776. The maximum absolute atomic E-state index is 10.8. The lowest BCUT2D eigenvalue weighted by Crippen LogP contribution is -2.34. The lowest BCUT2D eigenvalue weighted by atomic mass is 9.64. The summed E-state index contributed by atoms with van der Waals surface area (Å²) in [5, 5.41) is 8.94. The molecule has 1 aliphatic rings. The zero-order valence-corrected chi connectivity index (χ0v) is 10.4. The minimum absolute atomic E-state index is 0.0794. The van der Waals surface area contributed by atoms with E-state index in [1.807, 2.05) is 0 Å². The van der Waals surface area contributed by atoms with E-state index < -0.39 is 5.97 Å². The van der Waals surface area contributed by atoms with Crippen molar-refractivity contribution in [3.8, 4) is 0 Å². The molecule has 0 bridgehead atoms. The third-order valence-electron chi connectivity index (χ3n) is 4.62. The molecule has 1 fully saturated rings. The Bertz CT molecular complexity index is 223. The Hall–Kier alpha value is -0.530. The van der Waals surface area contributed by atoms with Gasteiger partial charge >= 0.3 is 5.97 Å². The van der Waals surface area contributed by atoms with Crippen LogP contribution in [0, 0.1) is 23.2 Å². The molecule has 0 spiro atoms. The van der Waals surface area contributed by atoms with Crippen molar-refractivity contribution in [2.24, 2.45) is 23.2 Å². The molecule has 2 nitrogen and oxygen atoms in total. The number of carboxylic acid groups (broad SMARTS) is 1. The molecule has 2 heteroatoms. The van der Waals surface area contributed by atoms with Gasteiger partial charge in [-0.05, 0) is 42.9 Å². The van der Waals surface area contributed by atoms with Gasteiger partial charge in [0.05, 0.1) is 5.92 Å². The molecular formula is C13H24O2. The summed E-state index contributed by atoms with van der Waals surface area (Å²) in [4.78, 5) is 10.8. The van der Waals surface area contributed by atoms with Crippen molar-refractivity contribution in [2.45, 2.75) is 53.4 Å². The molecule has 0 amide bonds. The van der Waals surface area contributed by atoms with Crippen LogP contribution in [-0.2, 0) is 4.79 Å². The second-order valence-electron chi connectivity index (χ2n) is 5.86. The fraction of sp³-hybridized carbons (Fsp3) is 0.923. The van der Waals surface area contributed by atoms with Gasteiger partial charge in [-0.1, -0.05) is 27.7 Å². The summed E-state index contributed by atoms with van der Waals surface area (Å²) in [7, 11) is 0. The average Bonchev–Trinajstić information content (AvgIpc) is 2.17. The maximum atomic E-state index is 10.8. The molecule has 15 heavy (non-hydrogen) atoms. The van der Waals surface area contributed by atoms with Crippen molar-refractivity contribution in [1.82, 2.24) is 0 Å². The Labute approximate surface area is 93.1 Å². The standard InChI is InChI=1S/C13H24O2/c1-9(2)13(3,4)11-7-5-10(6-8-11)12(14)15/h9-11H,5-8H2,1-4H3,(H,14,15). The van der Waals surface area contributed by atoms with Crippen molar-refractivity contribution in [2.75, 3.05) is 0 Å². The Kier molecular flexibility index (Phi) is 3.80. The van der Waals surface area contributed by atoms with E-state index in [0.29, 0.717) is 17.3 Å². The second-order valence-corrected chi connectivity index (χ2v) is 5.86. The summed E-state index contributed by atoms with van der Waals surface area (Å²) < 4.78 is 0. The van der Waals surface area contributed by atoms with E-state index in [-0.39, 0.29) is 5.92 Å². The largest absolute Gasteiger partial charge is 0.481 e. The Balaban J connectivity index is 2.54. The van der Waals surface area contributed by atoms with Crippen LogP contribution in [0.25, 0.3) is 0 Å². The van der Waals surface area contributed by atoms with E-state index in [1.165, 1.54) is 0 Å². The van der Waals surface area contributed by atoms with E-state index in [2.05, 4.69) is 27.7 Å². The minimum Gasteiger partial charge on any atom is -0.481 e. The zero-order valence-electron chi connectivity index (χ0n) is 10.4. The predicted molar refractivity (Wildman–Crippen MR) is 61.7 cm³/mol. The van der Waals surface area contributed by atoms with Gasteiger partial charge < -0.3 is 5.11 Å². The highest BCUT2D eigenvalue weighted by atomic mass is 16.4. The van der Waals surface area contributed by atoms with Crippen LogP contribution in [0.2, 0.25) is 0 Å². The van der Waals surface area contributed by atoms with Crippen LogP contribution in [0.3, 0.4) is 0 Å². The highest BCUT2D eigenvalue weighted by Crippen LogP contribution is 2.44. The molecule has 0 heterocycles. The van der Waals surface area contributed by atoms with Gasteiger partial charge in [0.1, 0.15) is 0 Å². The third kappa shape index (κ3) is 2.73. The Morgan fingerprint density at radius 3 is 2.00 bits per heavy atom. The van der Waals surface area contributed by atoms with Crippen molar-refractivity contribution in [3.63, 3.8) is 0 Å². The monoisotopic (exact) mass is 212 g/mol. The van der Waals surface area contributed by atoms with Crippen LogP contribution in [0.1, 0.15) is 53.4 Å². The molecular weight excluding hydrogens is 188 g/mol. The van der Waals surface area contributed by atoms with E-state index in [9.17, 15) is 4.79 Å². The minimum atomic E-state index is -0.601. The molecule has 0 aromatic rings. The maximum Gasteiger partial charge on any atom is 0.306 e. The number of carbonyl (C=O) groups is 1. The summed E-state index contributed by atoms with van der Waals surface area (Å²) in [6, 6.07) is 0. The van der Waals surface area contributed by atoms with E-state index in [0.717, 1.165) is 25.7 Å². The summed E-state index contributed by atoms with van der Waals surface area (Å²) >= 11 is 0. The normalized spacial score (nSPS) is 28.1. The van der Waals surface area contributed by atoms with Gasteiger partial charge in [0.15, 0.2) is 0 Å². The topological polar surface area (TPSA) is 37.3 Å². The highest BCUT2D eigenvalue weighted by Gasteiger charge is 2.36. The first-order valence-corrected chi connectivity index (χ1v) is 6.08. The smallest absolute Gasteiger partial charge is 0.306 e. The van der Waals surface area contributed by atoms with Crippen LogP contribution in [0.5, 0.6) is 0 Å². The SMILES string of the molecule is CC(C)C(C)(C)C1CCC(C(=O)O)CC1. The molecule has 0 atom stereocenters. The van der Waals surface area contributed by atoms with E-state index >= 15 is 0 Å². The van der Waals surface area contributed by atoms with Crippen LogP contribution >= 0.6 is 0 Å². The van der Waals surface area contributed by atoms with Crippen LogP contribution in [-0.4, -0.2) is 11.1 Å². The van der Waals surface area contributed by atoms with Crippen LogP contribution in [0.15, 0.2) is 0 Å². The Morgan fingerprint density at radius 2 is 1.67 bits per heavy atom. The molecule has 0 aromatic heterocycles. The molecule has 1 rings (SSSR count). The first kappa shape index (κ1) is 12.5. The lowest BCUT2D eigenvalue weighted by Gasteiger charge is -2.41. The number of carboxylic acids is 1. The molecule has 1 N–H and O–H groups in total. The zero-order chi connectivity index (χ0) is 11.6. The van der Waals surface area contributed by atoms with Gasteiger partial charge in [-0.2, -0.15) is 0 Å². The van der Waals surface area contributed by atoms with Gasteiger partial charge in [0, 0.05) is 0 Å². The number of rotatable bonds is 3. The predicted octanol–water partition coefficient (Wildman–Crippen LogP) is 3.56. The summed E-state index contributed by atoms with van der Waals surface area (Å²) in [6.07, 6.45) is 3.91. The second kappa shape index (κ2) is 4.54. The first-order chi connectivity index (χ1) is 6.85. The summed E-state index contributed by atoms with van der Waals surface area (Å²) in [5.41, 5.74) is 0.351. The highest BCUT2D eigenvalue weighted by molar-refractivity contribution is 5.69.